The molecular weight excluding hydrogens is 667 g/mol. The lowest BCUT2D eigenvalue weighted by Crippen LogP contribution is -2.44. The van der Waals surface area contributed by atoms with Crippen LogP contribution in [0, 0.1) is 6.92 Å². The van der Waals surface area contributed by atoms with Crippen LogP contribution in [0.15, 0.2) is 101 Å². The normalized spacial score (nSPS) is 18.1. The van der Waals surface area contributed by atoms with Gasteiger partial charge < -0.3 is 24.0 Å². The average Bonchev–Trinajstić information content (AvgIpc) is 3.40. The van der Waals surface area contributed by atoms with Gasteiger partial charge in [0.2, 0.25) is 0 Å². The van der Waals surface area contributed by atoms with Crippen molar-refractivity contribution in [1.29, 1.82) is 0 Å². The Morgan fingerprint density at radius 3 is 1.70 bits per heavy atom. The van der Waals surface area contributed by atoms with Gasteiger partial charge in [-0.2, -0.15) is 0 Å². The predicted octanol–water partition coefficient (Wildman–Crippen LogP) is 7.12. The van der Waals surface area contributed by atoms with E-state index < -0.39 is 0 Å². The summed E-state index contributed by atoms with van der Waals surface area (Å²) in [5.74, 6) is 1.46. The zero-order chi connectivity index (χ0) is 36.1. The Morgan fingerprint density at radius 2 is 1.13 bits per heavy atom. The molecule has 1 aromatic heterocycles. The molecule has 53 heavy (non-hydrogen) atoms. The van der Waals surface area contributed by atoms with Crippen molar-refractivity contribution >= 4 is 35.6 Å². The minimum absolute atomic E-state index is 0.0210. The van der Waals surface area contributed by atoms with Crippen molar-refractivity contribution in [3.63, 3.8) is 0 Å². The second-order valence-electron chi connectivity index (χ2n) is 13.9. The first kappa shape index (κ1) is 32.6. The summed E-state index contributed by atoms with van der Waals surface area (Å²) in [7, 11) is 1.56. The Hall–Kier alpha value is -6.29. The molecule has 0 spiro atoms. The summed E-state index contributed by atoms with van der Waals surface area (Å²) in [5, 5.41) is 0. The van der Waals surface area contributed by atoms with E-state index in [1.165, 1.54) is 16.7 Å². The zero-order valence-corrected chi connectivity index (χ0v) is 29.5. The fourth-order valence-corrected chi connectivity index (χ4v) is 7.65. The number of carbonyl (C=O) groups is 2. The number of hydrogen-bond donors (Lipinski definition) is 0. The van der Waals surface area contributed by atoms with E-state index in [0.717, 1.165) is 29.7 Å². The number of aromatic nitrogens is 1. The van der Waals surface area contributed by atoms with Crippen LogP contribution in [0.25, 0.3) is 0 Å². The molecule has 0 unspecified atom stereocenters. The monoisotopic (exact) mass is 703 g/mol. The Kier molecular flexibility index (Phi) is 8.22. The molecule has 10 heteroatoms. The minimum atomic E-state index is -0.125. The number of pyridine rings is 1. The van der Waals surface area contributed by atoms with E-state index in [4.69, 9.17) is 29.2 Å². The number of carbonyl (C=O) groups excluding carboxylic acids is 2. The van der Waals surface area contributed by atoms with Crippen LogP contribution >= 0.6 is 0 Å². The third-order valence-corrected chi connectivity index (χ3v) is 10.5. The zero-order valence-electron chi connectivity index (χ0n) is 29.5. The van der Waals surface area contributed by atoms with Crippen molar-refractivity contribution in [2.24, 2.45) is 9.98 Å². The number of rotatable bonds is 7. The molecular formula is C43H37N5O5. The first-order chi connectivity index (χ1) is 25.9. The van der Waals surface area contributed by atoms with Crippen molar-refractivity contribution in [1.82, 2.24) is 14.8 Å². The number of fused-ring (bicyclic) bond motifs is 6. The summed E-state index contributed by atoms with van der Waals surface area (Å²) in [4.78, 5) is 45.5. The molecule has 5 aromatic rings. The van der Waals surface area contributed by atoms with Gasteiger partial charge in [-0.05, 0) is 71.8 Å². The van der Waals surface area contributed by atoms with Crippen molar-refractivity contribution in [3.05, 3.63) is 141 Å². The molecule has 0 N–H and O–H groups in total. The summed E-state index contributed by atoms with van der Waals surface area (Å²) in [6.45, 7) is 3.42. The maximum absolute atomic E-state index is 13.8. The Morgan fingerprint density at radius 1 is 0.623 bits per heavy atom. The molecule has 0 aliphatic carbocycles. The summed E-state index contributed by atoms with van der Waals surface area (Å²) in [5.41, 5.74) is 9.29. The highest BCUT2D eigenvalue weighted by Gasteiger charge is 2.34. The summed E-state index contributed by atoms with van der Waals surface area (Å²) < 4.78 is 18.2. The van der Waals surface area contributed by atoms with Crippen LogP contribution in [0.4, 0.5) is 11.4 Å². The van der Waals surface area contributed by atoms with Gasteiger partial charge in [0.05, 0.1) is 53.1 Å². The molecule has 264 valence electrons. The molecule has 2 amide bonds. The smallest absolute Gasteiger partial charge is 0.257 e. The van der Waals surface area contributed by atoms with Gasteiger partial charge in [0, 0.05) is 37.7 Å². The lowest BCUT2D eigenvalue weighted by molar-refractivity contribution is 0.0696. The molecule has 0 bridgehead atoms. The van der Waals surface area contributed by atoms with E-state index in [9.17, 15) is 9.59 Å². The first-order valence-electron chi connectivity index (χ1n) is 17.8. The quantitative estimate of drug-likeness (QED) is 0.179. The van der Waals surface area contributed by atoms with E-state index in [2.05, 4.69) is 24.3 Å². The third-order valence-electron chi connectivity index (χ3n) is 10.5. The molecule has 4 aliphatic rings. The number of ether oxygens (including phenoxy) is 3. The molecule has 10 nitrogen and oxygen atoms in total. The van der Waals surface area contributed by atoms with Gasteiger partial charge in [-0.15, -0.1) is 0 Å². The van der Waals surface area contributed by atoms with Crippen molar-refractivity contribution in [2.75, 3.05) is 7.11 Å². The van der Waals surface area contributed by atoms with Crippen LogP contribution in [0.1, 0.15) is 59.9 Å². The van der Waals surface area contributed by atoms with Crippen LogP contribution in [-0.2, 0) is 39.1 Å². The Balaban J connectivity index is 0.886. The molecule has 9 rings (SSSR count). The van der Waals surface area contributed by atoms with Crippen molar-refractivity contribution in [3.8, 4) is 17.2 Å². The number of benzene rings is 4. The van der Waals surface area contributed by atoms with Gasteiger partial charge in [0.15, 0.2) is 11.5 Å². The summed E-state index contributed by atoms with van der Waals surface area (Å²) >= 11 is 0. The van der Waals surface area contributed by atoms with Gasteiger partial charge in [-0.3, -0.25) is 24.6 Å². The highest BCUT2D eigenvalue weighted by molar-refractivity contribution is 6.04. The maximum Gasteiger partial charge on any atom is 0.257 e. The number of aliphatic imine (C=N–C) groups is 2. The molecule has 0 radical (unpaired) electrons. The van der Waals surface area contributed by atoms with Gasteiger partial charge in [0.1, 0.15) is 19.0 Å². The molecule has 4 aliphatic heterocycles. The predicted molar refractivity (Wildman–Crippen MR) is 201 cm³/mol. The number of nitrogens with zero attached hydrogens (tertiary/aromatic N) is 5. The largest absolute Gasteiger partial charge is 0.493 e. The summed E-state index contributed by atoms with van der Waals surface area (Å²) in [6, 6.07) is 29.2. The standard InChI is InChI=1S/C43H37N5O5/c1-26-14-35-37(44-20-33-15-27-8-3-5-10-29(27)22-47(33)42(35)49)18-39(26)52-24-31-12-7-13-32(46-31)25-53-41-19-38-36(17-40(41)51-2)43(50)48-23-30-11-6-4-9-28(30)16-34(48)21-45-38/h3-14,17-21,33-34H,15-16,22-25H2,1-2H3/t33-,34+/m1/s1. The highest BCUT2D eigenvalue weighted by Crippen LogP contribution is 2.39. The first-order valence-corrected chi connectivity index (χ1v) is 17.8. The molecule has 0 saturated carbocycles. The van der Waals surface area contributed by atoms with Gasteiger partial charge in [-0.1, -0.05) is 54.6 Å². The lowest BCUT2D eigenvalue weighted by atomic mass is 9.94. The van der Waals surface area contributed by atoms with Crippen LogP contribution < -0.4 is 14.2 Å². The fourth-order valence-electron chi connectivity index (χ4n) is 7.65. The Bertz CT molecular complexity index is 2350. The SMILES string of the molecule is COc1cc2c(cc1OCc1cccc(COc3cc4c(cc3C)C(=O)N3Cc5ccccc5C[C@@H]3C=N4)n1)N=C[C@@H]1Cc3ccccc3CN1C2=O. The van der Waals surface area contributed by atoms with E-state index in [1.807, 2.05) is 83.8 Å². The molecule has 0 saturated heterocycles. The summed E-state index contributed by atoms with van der Waals surface area (Å²) in [6.07, 6.45) is 5.21. The molecule has 5 heterocycles. The minimum Gasteiger partial charge on any atom is -0.493 e. The molecule has 4 aromatic carbocycles. The number of aryl methyl sites for hydroxylation is 1. The van der Waals surface area contributed by atoms with Gasteiger partial charge in [0.25, 0.3) is 11.8 Å². The second kappa shape index (κ2) is 13.4. The van der Waals surface area contributed by atoms with E-state index >= 15 is 0 Å². The fraction of sp³-hybridized carbons (Fsp3) is 0.233. The highest BCUT2D eigenvalue weighted by atomic mass is 16.5. The van der Waals surface area contributed by atoms with Crippen LogP contribution in [0.2, 0.25) is 0 Å². The number of methoxy groups -OCH3 is 1. The second-order valence-corrected chi connectivity index (χ2v) is 13.9. The topological polar surface area (TPSA) is 106 Å². The number of amides is 2. The average molecular weight is 704 g/mol. The third kappa shape index (κ3) is 6.09. The van der Waals surface area contributed by atoms with Crippen molar-refractivity contribution in [2.45, 2.75) is 58.2 Å². The maximum atomic E-state index is 13.8. The molecule has 2 atom stereocenters. The van der Waals surface area contributed by atoms with Gasteiger partial charge >= 0.3 is 0 Å². The molecule has 0 fully saturated rings. The van der Waals surface area contributed by atoms with Crippen LogP contribution in [-0.4, -0.2) is 58.2 Å². The lowest BCUT2D eigenvalue weighted by Gasteiger charge is -2.34. The van der Waals surface area contributed by atoms with E-state index in [-0.39, 0.29) is 37.1 Å². The van der Waals surface area contributed by atoms with Crippen molar-refractivity contribution < 1.29 is 23.8 Å². The van der Waals surface area contributed by atoms with E-state index in [1.54, 1.807) is 19.2 Å². The van der Waals surface area contributed by atoms with Gasteiger partial charge in [-0.25, -0.2) is 0 Å². The van der Waals surface area contributed by atoms with E-state index in [0.29, 0.717) is 58.5 Å². The van der Waals surface area contributed by atoms with Crippen LogP contribution in [0.3, 0.4) is 0 Å². The van der Waals surface area contributed by atoms with Crippen LogP contribution in [0.5, 0.6) is 17.2 Å². The Labute approximate surface area is 307 Å². The number of hydrogen-bond acceptors (Lipinski definition) is 8.